The van der Waals surface area contributed by atoms with E-state index in [1.54, 1.807) is 0 Å². The largest absolute Gasteiger partial charge is 0.354 e. The molecule has 1 amide bonds. The highest BCUT2D eigenvalue weighted by atomic mass is 32.1. The number of nitrogens with zero attached hydrogens (tertiary/aromatic N) is 3. The topological polar surface area (TPSA) is 67.6 Å². The Hall–Kier alpha value is -1.63. The molecule has 0 aromatic carbocycles. The summed E-state index contributed by atoms with van der Waals surface area (Å²) in [6.45, 7) is 9.26. The maximum atomic E-state index is 12.2. The van der Waals surface area contributed by atoms with Crippen LogP contribution in [0.2, 0.25) is 0 Å². The van der Waals surface area contributed by atoms with Crippen molar-refractivity contribution in [3.05, 3.63) is 10.5 Å². The lowest BCUT2D eigenvalue weighted by atomic mass is 10.3. The molecule has 7 heteroatoms. The smallest absolute Gasteiger partial charge is 0.242 e. The van der Waals surface area contributed by atoms with Crippen molar-refractivity contribution >= 4 is 29.3 Å². The molecule has 2 heterocycles. The van der Waals surface area contributed by atoms with E-state index in [2.05, 4.69) is 15.4 Å². The fourth-order valence-electron chi connectivity index (χ4n) is 2.32. The molecule has 2 N–H and O–H groups in total. The zero-order valence-electron chi connectivity index (χ0n) is 12.4. The molecule has 0 aliphatic heterocycles. The van der Waals surface area contributed by atoms with E-state index in [0.717, 1.165) is 29.8 Å². The quantitative estimate of drug-likeness (QED) is 0.832. The van der Waals surface area contributed by atoms with E-state index in [0.29, 0.717) is 11.3 Å². The van der Waals surface area contributed by atoms with Crippen LogP contribution in [-0.4, -0.2) is 31.8 Å². The zero-order chi connectivity index (χ0) is 14.9. The third-order valence-electron chi connectivity index (χ3n) is 3.40. The average Bonchev–Trinajstić information content (AvgIpc) is 2.92. The van der Waals surface area contributed by atoms with E-state index in [4.69, 9.17) is 12.2 Å². The summed E-state index contributed by atoms with van der Waals surface area (Å²) in [6.07, 6.45) is 0.915. The van der Waals surface area contributed by atoms with Gasteiger partial charge in [0.15, 0.2) is 10.4 Å². The Balaban J connectivity index is 2.50. The van der Waals surface area contributed by atoms with E-state index in [1.165, 1.54) is 0 Å². The van der Waals surface area contributed by atoms with Gasteiger partial charge in [0.2, 0.25) is 5.91 Å². The molecule has 0 saturated heterocycles. The molecule has 6 nitrogen and oxygen atoms in total. The van der Waals surface area contributed by atoms with Gasteiger partial charge in [0.25, 0.3) is 0 Å². The molecule has 0 fully saturated rings. The van der Waals surface area contributed by atoms with Gasteiger partial charge in [-0.05, 0) is 39.4 Å². The minimum absolute atomic E-state index is 0.0228. The summed E-state index contributed by atoms with van der Waals surface area (Å²) >= 11 is 5.37. The van der Waals surface area contributed by atoms with Gasteiger partial charge < -0.3 is 10.3 Å². The minimum Gasteiger partial charge on any atom is -0.354 e. The van der Waals surface area contributed by atoms with E-state index in [1.807, 2.05) is 36.9 Å². The predicted molar refractivity (Wildman–Crippen MR) is 81.3 cm³/mol. The monoisotopic (exact) mass is 295 g/mol. The zero-order valence-corrected chi connectivity index (χ0v) is 13.2. The number of hydrogen-bond donors (Lipinski definition) is 2. The minimum atomic E-state index is -0.357. The standard InChI is InChI=1S/C13H21N5OS/c1-5-7-14-11(19)9(4)18-12-10(15-13(18)20)8(3)16-17(12)6-2/h9H,5-7H2,1-4H3,(H,14,19)(H,15,20). The van der Waals surface area contributed by atoms with Crippen molar-refractivity contribution in [1.82, 2.24) is 24.6 Å². The van der Waals surface area contributed by atoms with Gasteiger partial charge in [0, 0.05) is 13.1 Å². The molecular weight excluding hydrogens is 274 g/mol. The van der Waals surface area contributed by atoms with Crippen molar-refractivity contribution < 1.29 is 4.79 Å². The van der Waals surface area contributed by atoms with Crippen LogP contribution < -0.4 is 5.32 Å². The summed E-state index contributed by atoms with van der Waals surface area (Å²) in [4.78, 5) is 15.3. The normalized spacial score (nSPS) is 12.8. The number of carbonyl (C=O) groups is 1. The highest BCUT2D eigenvalue weighted by Crippen LogP contribution is 2.22. The van der Waals surface area contributed by atoms with Crippen LogP contribution in [0.1, 0.15) is 38.9 Å². The first-order chi connectivity index (χ1) is 9.51. The summed E-state index contributed by atoms with van der Waals surface area (Å²) in [5, 5.41) is 7.37. The van der Waals surface area contributed by atoms with Gasteiger partial charge in [0.1, 0.15) is 11.6 Å². The van der Waals surface area contributed by atoms with Crippen LogP contribution >= 0.6 is 12.2 Å². The third-order valence-corrected chi connectivity index (χ3v) is 3.69. The molecule has 0 bridgehead atoms. The first-order valence-electron chi connectivity index (χ1n) is 6.96. The summed E-state index contributed by atoms with van der Waals surface area (Å²) in [5.74, 6) is -0.0228. The molecule has 20 heavy (non-hydrogen) atoms. The van der Waals surface area contributed by atoms with Crippen LogP contribution in [-0.2, 0) is 11.3 Å². The van der Waals surface area contributed by atoms with Gasteiger partial charge in [0.05, 0.1) is 5.69 Å². The Kier molecular flexibility index (Phi) is 4.27. The number of aromatic amines is 1. The third kappa shape index (κ3) is 2.37. The molecule has 0 radical (unpaired) electrons. The molecular formula is C13H21N5OS. The number of rotatable bonds is 5. The Morgan fingerprint density at radius 2 is 2.20 bits per heavy atom. The number of fused-ring (bicyclic) bond motifs is 1. The number of carbonyl (C=O) groups excluding carboxylic acids is 1. The molecule has 110 valence electrons. The SMILES string of the molecule is CCCNC(=O)C(C)n1c(=S)[nH]c2c(C)nn(CC)c21. The molecule has 0 aliphatic carbocycles. The summed E-state index contributed by atoms with van der Waals surface area (Å²) < 4.78 is 4.28. The van der Waals surface area contributed by atoms with Gasteiger partial charge >= 0.3 is 0 Å². The fourth-order valence-corrected chi connectivity index (χ4v) is 2.66. The first kappa shape index (κ1) is 14.8. The van der Waals surface area contributed by atoms with Crippen LogP contribution in [0.4, 0.5) is 0 Å². The Morgan fingerprint density at radius 3 is 2.80 bits per heavy atom. The van der Waals surface area contributed by atoms with Crippen molar-refractivity contribution in [3.63, 3.8) is 0 Å². The molecule has 2 aromatic rings. The van der Waals surface area contributed by atoms with Crippen molar-refractivity contribution in [2.24, 2.45) is 0 Å². The summed E-state index contributed by atoms with van der Waals surface area (Å²) in [6, 6.07) is -0.357. The number of aromatic nitrogens is 4. The second-order valence-electron chi connectivity index (χ2n) is 4.87. The van der Waals surface area contributed by atoms with Crippen LogP contribution in [0, 0.1) is 11.7 Å². The van der Waals surface area contributed by atoms with Gasteiger partial charge in [-0.15, -0.1) is 0 Å². The first-order valence-corrected chi connectivity index (χ1v) is 7.37. The molecule has 0 saturated carbocycles. The lowest BCUT2D eigenvalue weighted by molar-refractivity contribution is -0.123. The summed E-state index contributed by atoms with van der Waals surface area (Å²) in [5.41, 5.74) is 2.69. The predicted octanol–water partition coefficient (Wildman–Crippen LogP) is 2.31. The van der Waals surface area contributed by atoms with Crippen molar-refractivity contribution in [2.45, 2.75) is 46.7 Å². The Labute approximate surface area is 123 Å². The van der Waals surface area contributed by atoms with Crippen molar-refractivity contribution in [3.8, 4) is 0 Å². The van der Waals surface area contributed by atoms with E-state index < -0.39 is 0 Å². The average molecular weight is 295 g/mol. The fraction of sp³-hybridized carbons (Fsp3) is 0.615. The number of amides is 1. The van der Waals surface area contributed by atoms with E-state index >= 15 is 0 Å². The maximum Gasteiger partial charge on any atom is 0.242 e. The second kappa shape index (κ2) is 5.78. The second-order valence-corrected chi connectivity index (χ2v) is 5.25. The molecule has 2 rings (SSSR count). The van der Waals surface area contributed by atoms with Crippen LogP contribution in [0.25, 0.3) is 11.2 Å². The number of nitrogens with one attached hydrogen (secondary N) is 2. The van der Waals surface area contributed by atoms with E-state index in [-0.39, 0.29) is 11.9 Å². The van der Waals surface area contributed by atoms with Gasteiger partial charge in [-0.25, -0.2) is 4.68 Å². The van der Waals surface area contributed by atoms with Crippen LogP contribution in [0.5, 0.6) is 0 Å². The molecule has 1 unspecified atom stereocenters. The lowest BCUT2D eigenvalue weighted by Gasteiger charge is -2.14. The van der Waals surface area contributed by atoms with E-state index in [9.17, 15) is 4.79 Å². The summed E-state index contributed by atoms with van der Waals surface area (Å²) in [7, 11) is 0. The van der Waals surface area contributed by atoms with Crippen LogP contribution in [0.3, 0.4) is 0 Å². The van der Waals surface area contributed by atoms with Crippen molar-refractivity contribution in [1.29, 1.82) is 0 Å². The van der Waals surface area contributed by atoms with Crippen molar-refractivity contribution in [2.75, 3.05) is 6.54 Å². The molecule has 0 aliphatic rings. The maximum absolute atomic E-state index is 12.2. The Bertz CT molecular complexity index is 681. The molecule has 1 atom stereocenters. The molecule has 2 aromatic heterocycles. The molecule has 0 spiro atoms. The van der Waals surface area contributed by atoms with Gasteiger partial charge in [-0.3, -0.25) is 9.36 Å². The highest BCUT2D eigenvalue weighted by Gasteiger charge is 2.22. The highest BCUT2D eigenvalue weighted by molar-refractivity contribution is 7.71. The van der Waals surface area contributed by atoms with Crippen LogP contribution in [0.15, 0.2) is 0 Å². The van der Waals surface area contributed by atoms with Gasteiger partial charge in [-0.1, -0.05) is 6.92 Å². The number of hydrogen-bond acceptors (Lipinski definition) is 3. The number of imidazole rings is 1. The van der Waals surface area contributed by atoms with Gasteiger partial charge in [-0.2, -0.15) is 5.10 Å². The number of H-pyrrole nitrogens is 1. The Morgan fingerprint density at radius 1 is 1.50 bits per heavy atom. The number of aryl methyl sites for hydroxylation is 2. The lowest BCUT2D eigenvalue weighted by Crippen LogP contribution is -2.31.